The Bertz CT molecular complexity index is 866. The third-order valence-corrected chi connectivity index (χ3v) is 3.94. The fraction of sp³-hybridized carbons (Fsp3) is 0.250. The van der Waals surface area contributed by atoms with Crippen LogP contribution in [0.25, 0.3) is 21.8 Å². The molecule has 1 aliphatic rings. The Morgan fingerprint density at radius 1 is 1.10 bits per heavy atom. The van der Waals surface area contributed by atoms with Crippen LogP contribution >= 0.6 is 0 Å². The van der Waals surface area contributed by atoms with Crippen LogP contribution in [0.3, 0.4) is 0 Å². The lowest BCUT2D eigenvalue weighted by atomic mass is 10.1. The molecule has 1 fully saturated rings. The number of hydrogen-bond acceptors (Lipinski definition) is 4. The van der Waals surface area contributed by atoms with Gasteiger partial charge in [-0.25, -0.2) is 4.98 Å². The summed E-state index contributed by atoms with van der Waals surface area (Å²) >= 11 is 0. The molecular weight excluding hydrogens is 266 g/mol. The van der Waals surface area contributed by atoms with E-state index in [1.54, 1.807) is 0 Å². The van der Waals surface area contributed by atoms with E-state index in [9.17, 15) is 4.79 Å². The first-order valence-electron chi connectivity index (χ1n) is 7.06. The number of aromatic amines is 1. The zero-order valence-electron chi connectivity index (χ0n) is 11.5. The van der Waals surface area contributed by atoms with Crippen molar-refractivity contribution in [2.45, 2.75) is 0 Å². The van der Waals surface area contributed by atoms with Gasteiger partial charge >= 0.3 is 0 Å². The van der Waals surface area contributed by atoms with Gasteiger partial charge in [0.05, 0.1) is 25.1 Å². The fourth-order valence-electron chi connectivity index (χ4n) is 2.84. The molecule has 1 saturated heterocycles. The van der Waals surface area contributed by atoms with Gasteiger partial charge in [0.15, 0.2) is 0 Å². The van der Waals surface area contributed by atoms with E-state index in [1.165, 1.54) is 0 Å². The number of fused-ring (bicyclic) bond motifs is 3. The molecule has 2 aromatic heterocycles. The summed E-state index contributed by atoms with van der Waals surface area (Å²) in [5, 5.41) is 2.62. The monoisotopic (exact) mass is 281 g/mol. The Morgan fingerprint density at radius 2 is 1.86 bits per heavy atom. The third-order valence-electron chi connectivity index (χ3n) is 3.94. The molecule has 1 aromatic carbocycles. The molecule has 0 unspecified atom stereocenters. The molecule has 0 saturated carbocycles. The van der Waals surface area contributed by atoms with Crippen molar-refractivity contribution < 1.29 is 4.74 Å². The summed E-state index contributed by atoms with van der Waals surface area (Å²) < 4.78 is 5.39. The van der Waals surface area contributed by atoms with Crippen LogP contribution in [0.5, 0.6) is 0 Å². The minimum absolute atomic E-state index is 0.0928. The molecule has 0 aliphatic carbocycles. The molecule has 3 heterocycles. The quantitative estimate of drug-likeness (QED) is 0.692. The van der Waals surface area contributed by atoms with Crippen LogP contribution in [0.2, 0.25) is 0 Å². The summed E-state index contributed by atoms with van der Waals surface area (Å²) in [5.41, 5.74) is 1.61. The van der Waals surface area contributed by atoms with Gasteiger partial charge in [-0.05, 0) is 17.5 Å². The first kappa shape index (κ1) is 12.3. The van der Waals surface area contributed by atoms with Crippen LogP contribution in [0.4, 0.5) is 5.69 Å². The standard InChI is InChI=1S/C16H15N3O2/c20-16-13-4-2-1-3-12(13)14-9-11(10-17-15(14)18-16)19-5-7-21-8-6-19/h1-4,9-10H,5-8H2,(H,17,18,20). The number of ether oxygens (including phenoxy) is 1. The van der Waals surface area contributed by atoms with E-state index in [0.717, 1.165) is 42.8 Å². The van der Waals surface area contributed by atoms with Crippen molar-refractivity contribution in [3.05, 3.63) is 46.9 Å². The average molecular weight is 281 g/mol. The number of H-pyrrole nitrogens is 1. The molecule has 5 heteroatoms. The van der Waals surface area contributed by atoms with E-state index in [0.29, 0.717) is 11.0 Å². The molecular formula is C16H15N3O2. The smallest absolute Gasteiger partial charge is 0.257 e. The van der Waals surface area contributed by atoms with Gasteiger partial charge in [-0.1, -0.05) is 18.2 Å². The van der Waals surface area contributed by atoms with Crippen LogP contribution in [-0.2, 0) is 4.74 Å². The molecule has 4 rings (SSSR count). The van der Waals surface area contributed by atoms with Crippen molar-refractivity contribution in [2.24, 2.45) is 0 Å². The van der Waals surface area contributed by atoms with Crippen molar-refractivity contribution in [2.75, 3.05) is 31.2 Å². The third kappa shape index (κ3) is 2.06. The van der Waals surface area contributed by atoms with Gasteiger partial charge < -0.3 is 14.6 Å². The molecule has 0 atom stereocenters. The molecule has 5 nitrogen and oxygen atoms in total. The molecule has 3 aromatic rings. The lowest BCUT2D eigenvalue weighted by Crippen LogP contribution is -2.36. The molecule has 0 radical (unpaired) electrons. The predicted molar refractivity (Wildman–Crippen MR) is 82.9 cm³/mol. The Hall–Kier alpha value is -2.40. The second kappa shape index (κ2) is 4.86. The maximum atomic E-state index is 12.1. The molecule has 21 heavy (non-hydrogen) atoms. The fourth-order valence-corrected chi connectivity index (χ4v) is 2.84. The predicted octanol–water partition coefficient (Wildman–Crippen LogP) is 1.91. The number of nitrogens with zero attached hydrogens (tertiary/aromatic N) is 2. The van der Waals surface area contributed by atoms with E-state index in [4.69, 9.17) is 4.74 Å². The number of morpholine rings is 1. The van der Waals surface area contributed by atoms with Gasteiger partial charge in [-0.15, -0.1) is 0 Å². The van der Waals surface area contributed by atoms with Crippen molar-refractivity contribution in [3.63, 3.8) is 0 Å². The summed E-state index contributed by atoms with van der Waals surface area (Å²) in [6.07, 6.45) is 1.82. The van der Waals surface area contributed by atoms with Crippen LogP contribution in [0.1, 0.15) is 0 Å². The highest BCUT2D eigenvalue weighted by molar-refractivity contribution is 6.04. The molecule has 0 amide bonds. The SMILES string of the molecule is O=c1[nH]c2ncc(N3CCOCC3)cc2c2ccccc12. The van der Waals surface area contributed by atoms with E-state index in [-0.39, 0.29) is 5.56 Å². The highest BCUT2D eigenvalue weighted by atomic mass is 16.5. The van der Waals surface area contributed by atoms with Crippen LogP contribution < -0.4 is 10.5 Å². The largest absolute Gasteiger partial charge is 0.378 e. The Labute approximate surface area is 121 Å². The normalized spacial score (nSPS) is 15.7. The second-order valence-electron chi connectivity index (χ2n) is 5.19. The van der Waals surface area contributed by atoms with E-state index in [1.807, 2.05) is 30.5 Å². The Balaban J connectivity index is 1.95. The van der Waals surface area contributed by atoms with Crippen LogP contribution in [-0.4, -0.2) is 36.3 Å². The van der Waals surface area contributed by atoms with Crippen LogP contribution in [0, 0.1) is 0 Å². The van der Waals surface area contributed by atoms with E-state index >= 15 is 0 Å². The first-order valence-corrected chi connectivity index (χ1v) is 7.06. The summed E-state index contributed by atoms with van der Waals surface area (Å²) in [5.74, 6) is 0. The minimum Gasteiger partial charge on any atom is -0.378 e. The van der Waals surface area contributed by atoms with Gasteiger partial charge in [0.1, 0.15) is 5.65 Å². The van der Waals surface area contributed by atoms with Crippen molar-refractivity contribution in [3.8, 4) is 0 Å². The number of benzene rings is 1. The van der Waals surface area contributed by atoms with Gasteiger partial charge in [0.25, 0.3) is 5.56 Å². The highest BCUT2D eigenvalue weighted by Crippen LogP contribution is 2.24. The lowest BCUT2D eigenvalue weighted by Gasteiger charge is -2.28. The first-order chi connectivity index (χ1) is 10.3. The molecule has 1 N–H and O–H groups in total. The van der Waals surface area contributed by atoms with Gasteiger partial charge in [0, 0.05) is 23.9 Å². The highest BCUT2D eigenvalue weighted by Gasteiger charge is 2.13. The topological polar surface area (TPSA) is 58.2 Å². The van der Waals surface area contributed by atoms with Crippen molar-refractivity contribution in [1.82, 2.24) is 9.97 Å². The van der Waals surface area contributed by atoms with Gasteiger partial charge in [-0.2, -0.15) is 0 Å². The van der Waals surface area contributed by atoms with E-state index in [2.05, 4.69) is 20.9 Å². The van der Waals surface area contributed by atoms with Crippen molar-refractivity contribution in [1.29, 1.82) is 0 Å². The maximum Gasteiger partial charge on any atom is 0.257 e. The number of nitrogens with one attached hydrogen (secondary N) is 1. The Kier molecular flexibility index (Phi) is 2.86. The minimum atomic E-state index is -0.0928. The molecule has 0 spiro atoms. The van der Waals surface area contributed by atoms with E-state index < -0.39 is 0 Å². The van der Waals surface area contributed by atoms with Crippen LogP contribution in [0.15, 0.2) is 41.3 Å². The second-order valence-corrected chi connectivity index (χ2v) is 5.19. The zero-order chi connectivity index (χ0) is 14.2. The summed E-state index contributed by atoms with van der Waals surface area (Å²) in [4.78, 5) is 21.6. The summed E-state index contributed by atoms with van der Waals surface area (Å²) in [6, 6.07) is 9.74. The molecule has 0 bridgehead atoms. The van der Waals surface area contributed by atoms with Gasteiger partial charge in [0.2, 0.25) is 0 Å². The molecule has 1 aliphatic heterocycles. The number of pyridine rings is 2. The maximum absolute atomic E-state index is 12.1. The van der Waals surface area contributed by atoms with Crippen molar-refractivity contribution >= 4 is 27.5 Å². The number of rotatable bonds is 1. The van der Waals surface area contributed by atoms with Gasteiger partial charge in [-0.3, -0.25) is 4.79 Å². The Morgan fingerprint density at radius 3 is 2.67 bits per heavy atom. The average Bonchev–Trinajstić information content (AvgIpc) is 2.56. The summed E-state index contributed by atoms with van der Waals surface area (Å²) in [7, 11) is 0. The molecule has 106 valence electrons. The number of aromatic nitrogens is 2. The summed E-state index contributed by atoms with van der Waals surface area (Å²) in [6.45, 7) is 3.22. The zero-order valence-corrected chi connectivity index (χ0v) is 11.5. The number of hydrogen-bond donors (Lipinski definition) is 1. The lowest BCUT2D eigenvalue weighted by molar-refractivity contribution is 0.122. The number of anilines is 1.